The molecule has 1 aliphatic heterocycles. The van der Waals surface area contributed by atoms with Crippen LogP contribution in [0.4, 0.5) is 24.5 Å². The van der Waals surface area contributed by atoms with Crippen molar-refractivity contribution >= 4 is 23.2 Å². The zero-order valence-corrected chi connectivity index (χ0v) is 15.1. The number of alkyl halides is 3. The van der Waals surface area contributed by atoms with E-state index in [-0.39, 0.29) is 19.0 Å². The first-order chi connectivity index (χ1) is 12.7. The maximum atomic E-state index is 12.1. The van der Waals surface area contributed by atoms with Gasteiger partial charge in [-0.05, 0) is 24.3 Å². The molecule has 1 saturated heterocycles. The zero-order valence-electron chi connectivity index (χ0n) is 15.1. The van der Waals surface area contributed by atoms with Crippen molar-refractivity contribution in [2.24, 2.45) is 0 Å². The lowest BCUT2D eigenvalue weighted by Crippen LogP contribution is -3.11. The quantitative estimate of drug-likeness (QED) is 0.596. The van der Waals surface area contributed by atoms with Crippen molar-refractivity contribution in [3.8, 4) is 0 Å². The van der Waals surface area contributed by atoms with Gasteiger partial charge in [0.1, 0.15) is 6.54 Å². The summed E-state index contributed by atoms with van der Waals surface area (Å²) < 4.78 is 41.5. The predicted molar refractivity (Wildman–Crippen MR) is 93.8 cm³/mol. The largest absolute Gasteiger partial charge is 0.405 e. The highest BCUT2D eigenvalue weighted by molar-refractivity contribution is 5.91. The molecule has 1 aliphatic rings. The van der Waals surface area contributed by atoms with E-state index in [1.807, 2.05) is 12.1 Å². The summed E-state index contributed by atoms with van der Waals surface area (Å²) in [5, 5.41) is 4.50. The lowest BCUT2D eigenvalue weighted by atomic mass is 10.2. The lowest BCUT2D eigenvalue weighted by Gasteiger charge is -2.28. The van der Waals surface area contributed by atoms with Crippen LogP contribution in [0.3, 0.4) is 0 Å². The van der Waals surface area contributed by atoms with Crippen LogP contribution in [0, 0.1) is 0 Å². The first-order valence-electron chi connectivity index (χ1n) is 8.60. The van der Waals surface area contributed by atoms with E-state index in [9.17, 15) is 22.8 Å². The van der Waals surface area contributed by atoms with Gasteiger partial charge in [-0.15, -0.1) is 0 Å². The van der Waals surface area contributed by atoms with Crippen molar-refractivity contribution in [2.75, 3.05) is 63.2 Å². The molecule has 10 heteroatoms. The van der Waals surface area contributed by atoms with Crippen LogP contribution in [0.1, 0.15) is 0 Å². The van der Waals surface area contributed by atoms with E-state index in [2.05, 4.69) is 10.2 Å². The molecule has 2 amide bonds. The van der Waals surface area contributed by atoms with Crippen LogP contribution in [0.2, 0.25) is 0 Å². The van der Waals surface area contributed by atoms with E-state index in [4.69, 9.17) is 4.74 Å². The fraction of sp³-hybridized carbons (Fsp3) is 0.529. The Bertz CT molecular complexity index is 631. The average Bonchev–Trinajstić information content (AvgIpc) is 2.60. The van der Waals surface area contributed by atoms with Gasteiger partial charge in [-0.3, -0.25) is 9.59 Å². The molecule has 27 heavy (non-hydrogen) atoms. The molecule has 1 unspecified atom stereocenters. The van der Waals surface area contributed by atoms with Gasteiger partial charge < -0.3 is 25.2 Å². The highest BCUT2D eigenvalue weighted by atomic mass is 19.4. The predicted octanol–water partition coefficient (Wildman–Crippen LogP) is -0.345. The summed E-state index contributed by atoms with van der Waals surface area (Å²) >= 11 is 0. The Morgan fingerprint density at radius 1 is 1.11 bits per heavy atom. The number of rotatable bonds is 7. The van der Waals surface area contributed by atoms with Crippen LogP contribution < -0.4 is 20.4 Å². The Labute approximate surface area is 155 Å². The minimum atomic E-state index is -4.45. The molecule has 1 aromatic rings. The van der Waals surface area contributed by atoms with Crippen molar-refractivity contribution in [1.29, 1.82) is 0 Å². The molecule has 3 N–H and O–H groups in total. The van der Waals surface area contributed by atoms with Crippen molar-refractivity contribution in [3.05, 3.63) is 24.3 Å². The third-order valence-corrected chi connectivity index (χ3v) is 3.94. The number of halogens is 3. The van der Waals surface area contributed by atoms with Gasteiger partial charge in [0.15, 0.2) is 13.1 Å². The first kappa shape index (κ1) is 21.0. The molecule has 0 spiro atoms. The third kappa shape index (κ3) is 7.83. The molecule has 0 bridgehead atoms. The van der Waals surface area contributed by atoms with Gasteiger partial charge in [0.05, 0.1) is 20.3 Å². The Hall–Kier alpha value is -2.33. The number of hydrogen-bond donors (Lipinski definition) is 3. The van der Waals surface area contributed by atoms with E-state index >= 15 is 0 Å². The Kier molecular flexibility index (Phi) is 7.43. The lowest BCUT2D eigenvalue weighted by molar-refractivity contribution is -0.862. The molecule has 1 heterocycles. The number of nitrogens with zero attached hydrogens (tertiary/aromatic N) is 1. The molecule has 7 nitrogen and oxygen atoms in total. The number of hydrogen-bond acceptors (Lipinski definition) is 4. The normalized spacial score (nSPS) is 15.9. The summed E-state index contributed by atoms with van der Waals surface area (Å²) in [6, 6.07) is 7.38. The number of carbonyl (C=O) groups excluding carboxylic acids is 2. The number of quaternary nitrogens is 1. The highest BCUT2D eigenvalue weighted by Crippen LogP contribution is 2.18. The minimum absolute atomic E-state index is 0.0371. The van der Waals surface area contributed by atoms with Crippen molar-refractivity contribution < 1.29 is 32.4 Å². The molecule has 1 atom stereocenters. The summed E-state index contributed by atoms with van der Waals surface area (Å²) in [6.45, 7) is 1.37. The second-order valence-corrected chi connectivity index (χ2v) is 6.40. The van der Waals surface area contributed by atoms with Crippen LogP contribution in [-0.4, -0.2) is 71.0 Å². The second-order valence-electron chi connectivity index (χ2n) is 6.40. The number of morpholine rings is 1. The summed E-state index contributed by atoms with van der Waals surface area (Å²) in [5.41, 5.74) is 1.66. The molecule has 0 radical (unpaired) electrons. The molecule has 0 aromatic heterocycles. The van der Waals surface area contributed by atoms with Crippen LogP contribution in [0.5, 0.6) is 0 Å². The number of anilines is 2. The second kappa shape index (κ2) is 9.56. The zero-order chi connectivity index (χ0) is 19.9. The van der Waals surface area contributed by atoms with Gasteiger partial charge >= 0.3 is 6.18 Å². The monoisotopic (exact) mass is 389 g/mol. The number of carbonyl (C=O) groups is 2. The Morgan fingerprint density at radius 3 is 2.30 bits per heavy atom. The van der Waals surface area contributed by atoms with Gasteiger partial charge in [0.25, 0.3) is 11.8 Å². The maximum absolute atomic E-state index is 12.1. The number of amides is 2. The van der Waals surface area contributed by atoms with Gasteiger partial charge in [0.2, 0.25) is 0 Å². The van der Waals surface area contributed by atoms with Crippen molar-refractivity contribution in [1.82, 2.24) is 5.32 Å². The van der Waals surface area contributed by atoms with E-state index in [1.165, 1.54) is 0 Å². The number of likely N-dealkylation sites (N-methyl/N-ethyl adjacent to an activating group) is 1. The topological polar surface area (TPSA) is 75.1 Å². The molecule has 0 saturated carbocycles. The molecular formula is C17H24F3N4O3+. The number of ether oxygens (including phenoxy) is 1. The molecule has 150 valence electrons. The van der Waals surface area contributed by atoms with Crippen molar-refractivity contribution in [2.45, 2.75) is 6.18 Å². The van der Waals surface area contributed by atoms with E-state index in [1.54, 1.807) is 24.5 Å². The van der Waals surface area contributed by atoms with E-state index in [0.717, 1.165) is 18.8 Å². The molecule has 1 fully saturated rings. The van der Waals surface area contributed by atoms with E-state index < -0.39 is 18.6 Å². The SMILES string of the molecule is C[NH+](CC(=O)NCC(F)(F)F)CC(=O)Nc1ccc(N2CCOCC2)cc1. The fourth-order valence-corrected chi connectivity index (χ4v) is 2.65. The molecule has 0 aliphatic carbocycles. The first-order valence-corrected chi connectivity index (χ1v) is 8.60. The summed E-state index contributed by atoms with van der Waals surface area (Å²) in [5.74, 6) is -1.08. The van der Waals surface area contributed by atoms with Gasteiger partial charge in [0, 0.05) is 24.5 Å². The van der Waals surface area contributed by atoms with Gasteiger partial charge in [-0.25, -0.2) is 0 Å². The summed E-state index contributed by atoms with van der Waals surface area (Å²) in [7, 11) is 1.56. The minimum Gasteiger partial charge on any atom is -0.378 e. The third-order valence-electron chi connectivity index (χ3n) is 3.94. The Morgan fingerprint density at radius 2 is 1.70 bits per heavy atom. The summed E-state index contributed by atoms with van der Waals surface area (Å²) in [4.78, 5) is 26.2. The molecule has 1 aromatic carbocycles. The standard InChI is InChI=1S/C17H23F3N4O3/c1-23(10-15(25)21-12-17(18,19)20)11-16(26)22-13-2-4-14(5-3-13)24-6-8-27-9-7-24/h2-5H,6-12H2,1H3,(H,21,25)(H,22,26)/p+1. The molecular weight excluding hydrogens is 365 g/mol. The van der Waals surface area contributed by atoms with Crippen LogP contribution in [-0.2, 0) is 14.3 Å². The Balaban J connectivity index is 1.75. The highest BCUT2D eigenvalue weighted by Gasteiger charge is 2.28. The van der Waals surface area contributed by atoms with Gasteiger partial charge in [-0.2, -0.15) is 13.2 Å². The fourth-order valence-electron chi connectivity index (χ4n) is 2.65. The van der Waals surface area contributed by atoms with Gasteiger partial charge in [-0.1, -0.05) is 0 Å². The maximum Gasteiger partial charge on any atom is 0.405 e. The average molecular weight is 389 g/mol. The number of nitrogens with one attached hydrogen (secondary N) is 3. The smallest absolute Gasteiger partial charge is 0.378 e. The number of benzene rings is 1. The summed E-state index contributed by atoms with van der Waals surface area (Å²) in [6.07, 6.45) is -4.45. The van der Waals surface area contributed by atoms with Crippen LogP contribution in [0.25, 0.3) is 0 Å². The van der Waals surface area contributed by atoms with Crippen molar-refractivity contribution in [3.63, 3.8) is 0 Å². The van der Waals surface area contributed by atoms with Crippen LogP contribution in [0.15, 0.2) is 24.3 Å². The molecule has 2 rings (SSSR count). The van der Waals surface area contributed by atoms with Crippen LogP contribution >= 0.6 is 0 Å². The van der Waals surface area contributed by atoms with E-state index in [0.29, 0.717) is 23.8 Å².